The summed E-state index contributed by atoms with van der Waals surface area (Å²) in [6.45, 7) is 16.2. The van der Waals surface area contributed by atoms with Crippen molar-refractivity contribution in [3.63, 3.8) is 0 Å². The molecule has 802 valence electrons. The highest BCUT2D eigenvalue weighted by molar-refractivity contribution is 5.28. The molecule has 11 nitrogen and oxygen atoms in total. The Balaban J connectivity index is 2.99. The minimum Gasteiger partial charge on any atom is -0.393 e. The molecule has 0 amide bonds. The molecular weight excluding hydrogens is 1650 g/mol. The Morgan fingerprint density at radius 3 is 0.627 bits per heavy atom. The van der Waals surface area contributed by atoms with Crippen LogP contribution in [0, 0.1) is 0 Å². The minimum atomic E-state index is -2.30. The van der Waals surface area contributed by atoms with E-state index in [1.807, 2.05) is 0 Å². The summed E-state index contributed by atoms with van der Waals surface area (Å²) in [6, 6.07) is 0. The summed E-state index contributed by atoms with van der Waals surface area (Å²) in [4.78, 5) is 0. The maximum atomic E-state index is 15.8. The zero-order valence-electron chi connectivity index (χ0n) is 92.1. The average Bonchev–Trinajstić information content (AvgIpc) is 0.665. The van der Waals surface area contributed by atoms with Gasteiger partial charge in [-0.25, -0.2) is 0 Å². The second-order valence-electron chi connectivity index (χ2n) is 44.7. The Bertz CT molecular complexity index is 2330. The topological polar surface area (TPSA) is 168 Å². The van der Waals surface area contributed by atoms with Gasteiger partial charge in [0, 0.05) is 19.6 Å². The summed E-state index contributed by atoms with van der Waals surface area (Å²) >= 11 is 0. The average molecular weight is 1900 g/mol. The number of hydrogen-bond acceptors (Lipinski definition) is 11. The van der Waals surface area contributed by atoms with Gasteiger partial charge in [0.15, 0.2) is 18.4 Å². The first-order valence-corrected chi connectivity index (χ1v) is 62.3. The van der Waals surface area contributed by atoms with Crippen molar-refractivity contribution in [2.24, 2.45) is 0 Å². The molecular formula is C123H244O11. The lowest BCUT2D eigenvalue weighted by molar-refractivity contribution is -0.497. The first kappa shape index (κ1) is 130. The molecule has 0 radical (unpaired) electrons. The molecule has 0 aromatic carbocycles. The van der Waals surface area contributed by atoms with Crippen LogP contribution in [0.15, 0.2) is 0 Å². The number of hydrogen-bond donors (Lipinski definition) is 6. The lowest BCUT2D eigenvalue weighted by Gasteiger charge is -2.70. The molecule has 6 N–H and O–H groups in total. The second-order valence-corrected chi connectivity index (χ2v) is 44.7. The molecule has 0 saturated carbocycles. The van der Waals surface area contributed by atoms with Crippen molar-refractivity contribution in [1.82, 2.24) is 0 Å². The fourth-order valence-electron chi connectivity index (χ4n) is 23.2. The number of rotatable bonds is 110. The van der Waals surface area contributed by atoms with Gasteiger partial charge in [0.05, 0.1) is 6.61 Å². The third-order valence-electron chi connectivity index (χ3n) is 32.3. The molecule has 0 unspecified atom stereocenters. The van der Waals surface area contributed by atoms with Crippen LogP contribution in [0.5, 0.6) is 0 Å². The van der Waals surface area contributed by atoms with Gasteiger partial charge < -0.3 is 54.3 Å². The van der Waals surface area contributed by atoms with Crippen LogP contribution >= 0.6 is 0 Å². The number of ether oxygens (including phenoxy) is 5. The van der Waals surface area contributed by atoms with Gasteiger partial charge in [-0.05, 0) is 44.9 Å². The van der Waals surface area contributed by atoms with Gasteiger partial charge in [-0.2, -0.15) is 0 Å². The first-order valence-electron chi connectivity index (χ1n) is 62.3. The van der Waals surface area contributed by atoms with Crippen LogP contribution in [0.2, 0.25) is 0 Å². The fraction of sp³-hybridized carbons (Fsp3) is 1.00. The molecule has 2 aliphatic rings. The monoisotopic (exact) mass is 1900 g/mol. The minimum absolute atomic E-state index is 0.0796. The molecule has 0 spiro atoms. The van der Waals surface area contributed by atoms with Crippen LogP contribution in [0.25, 0.3) is 0 Å². The Labute approximate surface area is 838 Å². The highest BCUT2D eigenvalue weighted by Crippen LogP contribution is 2.63. The molecule has 2 fully saturated rings. The molecule has 0 aliphatic carbocycles. The van der Waals surface area contributed by atoms with E-state index in [1.54, 1.807) is 0 Å². The van der Waals surface area contributed by atoms with Crippen molar-refractivity contribution in [2.45, 2.75) is 769 Å². The first-order chi connectivity index (χ1) is 65.9. The molecule has 2 heterocycles. The Hall–Kier alpha value is -0.440. The quantitative estimate of drug-likeness (QED) is 0.0321. The van der Waals surface area contributed by atoms with Crippen LogP contribution in [0.1, 0.15) is 710 Å². The lowest BCUT2D eigenvalue weighted by Crippen LogP contribution is -2.89. The third-order valence-corrected chi connectivity index (χ3v) is 32.3. The molecule has 2 saturated heterocycles. The van der Waals surface area contributed by atoms with E-state index in [1.165, 1.54) is 456 Å². The van der Waals surface area contributed by atoms with E-state index < -0.39 is 65.7 Å². The van der Waals surface area contributed by atoms with E-state index in [4.69, 9.17) is 23.7 Å². The van der Waals surface area contributed by atoms with Crippen LogP contribution in [-0.4, -0.2) is 110 Å². The van der Waals surface area contributed by atoms with Gasteiger partial charge in [-0.1, -0.05) is 658 Å². The number of aliphatic hydroxyl groups excluding tert-OH is 3. The highest BCUT2D eigenvalue weighted by Gasteiger charge is 2.81. The zero-order chi connectivity index (χ0) is 96.9. The second kappa shape index (κ2) is 94.8. The summed E-state index contributed by atoms with van der Waals surface area (Å²) in [5, 5.41) is 85.7. The smallest absolute Gasteiger partial charge is 0.198 e. The molecule has 11 heteroatoms. The summed E-state index contributed by atoms with van der Waals surface area (Å²) < 4.78 is 36.8. The van der Waals surface area contributed by atoms with Gasteiger partial charge in [0.1, 0.15) is 40.7 Å². The summed E-state index contributed by atoms with van der Waals surface area (Å²) in [7, 11) is 0. The maximum Gasteiger partial charge on any atom is 0.198 e. The third kappa shape index (κ3) is 63.1. The Morgan fingerprint density at radius 2 is 0.396 bits per heavy atom. The molecule has 0 bridgehead atoms. The van der Waals surface area contributed by atoms with E-state index in [2.05, 4.69) is 48.5 Å². The molecule has 2 aliphatic heterocycles. The van der Waals surface area contributed by atoms with Crippen LogP contribution < -0.4 is 0 Å². The highest BCUT2D eigenvalue weighted by atomic mass is 16.8. The van der Waals surface area contributed by atoms with Crippen LogP contribution in [-0.2, 0) is 23.7 Å². The SMILES string of the molecule is CCCCCCCCCCCCCCCCO[C@H]1[C@@H](O)[C@H](O[C@]2(CCCCCCCCCCCCCCCC)[C@](CO)(CCCCCCCCCCCCCCCC)O[C@](O)(CCCCCCCCCCCCCCCC)[C@@](O)(CCCCCCCCCCCCCCCC)[C@@]2(O)CCCCCCCCCCCCCCCC)O[C@H](O)[C@H]1OCCCCCCCCCCCCCCCC. The summed E-state index contributed by atoms with van der Waals surface area (Å²) in [5.74, 6) is -2.29. The van der Waals surface area contributed by atoms with Crippen molar-refractivity contribution in [3.05, 3.63) is 0 Å². The van der Waals surface area contributed by atoms with Gasteiger partial charge in [0.2, 0.25) is 0 Å². The standard InChI is InChI=1S/C123H244O11/c1-8-15-22-29-36-43-50-57-64-71-78-85-92-99-106-119(113-124)122(109-102-95-88-81-74-67-60-53-46-39-32-25-18-11-4,133-118-114(125)115(130-111-104-97-90-83-76-69-62-55-48-41-34-27-20-13-6)116(117(126)132-118)131-112-105-98-91-84-77-70-63-56-49-42-35-28-21-14-7)120(127,107-100-93-86-79-72-65-58-51-44-37-30-23-16-9-2)121(128,108-101-94-87-80-73-66-59-52-45-38-31-24-17-10-3)123(129,134-119)110-103-96-89-82-75-68-61-54-47-40-33-26-19-12-5/h114-118,124-129H,8-113H2,1-7H3/t114-,115+,116+,117+,118+,119-,120+,121-,122-,123-/m1/s1. The molecule has 2 rings (SSSR count). The van der Waals surface area contributed by atoms with E-state index in [9.17, 15) is 20.4 Å². The predicted octanol–water partition coefficient (Wildman–Crippen LogP) is 38.8. The predicted molar refractivity (Wildman–Crippen MR) is 581 cm³/mol. The normalized spacial score (nSPS) is 21.6. The van der Waals surface area contributed by atoms with Crippen molar-refractivity contribution in [2.75, 3.05) is 19.8 Å². The van der Waals surface area contributed by atoms with Crippen molar-refractivity contribution < 1.29 is 54.3 Å². The van der Waals surface area contributed by atoms with E-state index >= 15 is 10.2 Å². The van der Waals surface area contributed by atoms with Crippen LogP contribution in [0.3, 0.4) is 0 Å². The van der Waals surface area contributed by atoms with Gasteiger partial charge in [-0.15, -0.1) is 0 Å². The van der Waals surface area contributed by atoms with Gasteiger partial charge >= 0.3 is 0 Å². The molecule has 134 heavy (non-hydrogen) atoms. The van der Waals surface area contributed by atoms with Crippen molar-refractivity contribution in [1.29, 1.82) is 0 Å². The summed E-state index contributed by atoms with van der Waals surface area (Å²) in [6.07, 6.45) is 111. The van der Waals surface area contributed by atoms with Crippen LogP contribution in [0.4, 0.5) is 0 Å². The summed E-state index contributed by atoms with van der Waals surface area (Å²) in [5.41, 5.74) is -8.32. The van der Waals surface area contributed by atoms with E-state index in [-0.39, 0.29) is 32.1 Å². The van der Waals surface area contributed by atoms with Crippen molar-refractivity contribution >= 4 is 0 Å². The molecule has 0 aromatic rings. The number of unbranched alkanes of at least 4 members (excludes halogenated alkanes) is 91. The lowest BCUT2D eigenvalue weighted by atomic mass is 9.52. The van der Waals surface area contributed by atoms with E-state index in [0.717, 1.165) is 141 Å². The zero-order valence-corrected chi connectivity index (χ0v) is 92.1. The largest absolute Gasteiger partial charge is 0.393 e. The van der Waals surface area contributed by atoms with Crippen molar-refractivity contribution in [3.8, 4) is 0 Å². The van der Waals surface area contributed by atoms with Gasteiger partial charge in [0.25, 0.3) is 0 Å². The maximum absolute atomic E-state index is 15.8. The van der Waals surface area contributed by atoms with Gasteiger partial charge in [-0.3, -0.25) is 0 Å². The van der Waals surface area contributed by atoms with E-state index in [0.29, 0.717) is 45.3 Å². The molecule has 10 atom stereocenters. The Morgan fingerprint density at radius 1 is 0.209 bits per heavy atom. The molecule has 0 aromatic heterocycles. The fourth-order valence-corrected chi connectivity index (χ4v) is 23.2. The Kier molecular flexibility index (Phi) is 91.7. The number of aliphatic hydroxyl groups is 6.